The largest absolute Gasteiger partial charge is 0.395 e. The van der Waals surface area contributed by atoms with E-state index in [-0.39, 0.29) is 23.8 Å². The van der Waals surface area contributed by atoms with Crippen molar-refractivity contribution in [3.8, 4) is 0 Å². The highest BCUT2D eigenvalue weighted by Crippen LogP contribution is 2.33. The second-order valence-corrected chi connectivity index (χ2v) is 7.24. The Hall–Kier alpha value is -0.130. The quantitative estimate of drug-likeness (QED) is 0.808. The predicted molar refractivity (Wildman–Crippen MR) is 62.5 cm³/mol. The summed E-state index contributed by atoms with van der Waals surface area (Å²) in [4.78, 5) is 0. The molecule has 0 aromatic heterocycles. The fourth-order valence-electron chi connectivity index (χ4n) is 2.94. The van der Waals surface area contributed by atoms with Crippen LogP contribution in [0.4, 0.5) is 0 Å². The van der Waals surface area contributed by atoms with Crippen molar-refractivity contribution in [2.45, 2.75) is 50.3 Å². The molecule has 2 aliphatic rings. The molecule has 2 atom stereocenters. The van der Waals surface area contributed by atoms with Crippen molar-refractivity contribution < 1.29 is 13.5 Å². The maximum absolute atomic E-state index is 12.4. The summed E-state index contributed by atoms with van der Waals surface area (Å²) < 4.78 is 26.3. The van der Waals surface area contributed by atoms with E-state index in [1.807, 2.05) is 6.92 Å². The van der Waals surface area contributed by atoms with Gasteiger partial charge in [0, 0.05) is 6.54 Å². The lowest BCUT2D eigenvalue weighted by Crippen LogP contribution is -2.43. The minimum Gasteiger partial charge on any atom is -0.395 e. The SMILES string of the molecule is CC1CCN(S(=O)(=O)C2CCCC2)C1CO. The molecule has 0 aromatic rings. The van der Waals surface area contributed by atoms with Gasteiger partial charge < -0.3 is 5.11 Å². The standard InChI is InChI=1S/C11H21NO3S/c1-9-6-7-12(11(9)8-13)16(14,15)10-4-2-3-5-10/h9-11,13H,2-8H2,1H3. The first-order chi connectivity index (χ1) is 7.57. The van der Waals surface area contributed by atoms with Crippen molar-refractivity contribution in [1.29, 1.82) is 0 Å². The number of rotatable bonds is 3. The average Bonchev–Trinajstić information content (AvgIpc) is 2.85. The molecule has 2 fully saturated rings. The first-order valence-corrected chi connectivity index (χ1v) is 7.69. The zero-order valence-electron chi connectivity index (χ0n) is 9.80. The minimum atomic E-state index is -3.16. The van der Waals surface area contributed by atoms with Crippen molar-refractivity contribution in [2.24, 2.45) is 5.92 Å². The van der Waals surface area contributed by atoms with Gasteiger partial charge in [-0.05, 0) is 25.2 Å². The van der Waals surface area contributed by atoms with E-state index in [1.54, 1.807) is 4.31 Å². The Balaban J connectivity index is 2.16. The second kappa shape index (κ2) is 4.63. The lowest BCUT2D eigenvalue weighted by molar-refractivity contribution is 0.190. The summed E-state index contributed by atoms with van der Waals surface area (Å²) in [7, 11) is -3.16. The Kier molecular flexibility index (Phi) is 3.56. The maximum atomic E-state index is 12.4. The summed E-state index contributed by atoms with van der Waals surface area (Å²) in [6.45, 7) is 2.56. The highest BCUT2D eigenvalue weighted by atomic mass is 32.2. The maximum Gasteiger partial charge on any atom is 0.217 e. The molecule has 0 amide bonds. The molecule has 1 aliphatic carbocycles. The van der Waals surface area contributed by atoms with Crippen molar-refractivity contribution in [1.82, 2.24) is 4.31 Å². The van der Waals surface area contributed by atoms with E-state index in [0.29, 0.717) is 6.54 Å². The Morgan fingerprint density at radius 1 is 1.25 bits per heavy atom. The summed E-state index contributed by atoms with van der Waals surface area (Å²) in [6, 6.07) is -0.189. The van der Waals surface area contributed by atoms with Crippen molar-refractivity contribution >= 4 is 10.0 Å². The van der Waals surface area contributed by atoms with E-state index < -0.39 is 10.0 Å². The third kappa shape index (κ3) is 2.00. The van der Waals surface area contributed by atoms with Gasteiger partial charge in [0.15, 0.2) is 0 Å². The molecule has 5 heteroatoms. The van der Waals surface area contributed by atoms with Gasteiger partial charge in [0.05, 0.1) is 17.9 Å². The molecule has 0 bridgehead atoms. The van der Waals surface area contributed by atoms with Gasteiger partial charge in [-0.2, -0.15) is 4.31 Å². The lowest BCUT2D eigenvalue weighted by Gasteiger charge is -2.27. The molecular formula is C11H21NO3S. The first-order valence-electron chi connectivity index (χ1n) is 6.19. The number of aliphatic hydroxyl groups excluding tert-OH is 1. The number of sulfonamides is 1. The van der Waals surface area contributed by atoms with Crippen LogP contribution in [0, 0.1) is 5.92 Å². The highest BCUT2D eigenvalue weighted by Gasteiger charge is 2.42. The molecule has 94 valence electrons. The third-order valence-electron chi connectivity index (χ3n) is 4.07. The molecule has 2 unspecified atom stereocenters. The van der Waals surface area contributed by atoms with Crippen molar-refractivity contribution in [2.75, 3.05) is 13.2 Å². The van der Waals surface area contributed by atoms with Crippen LogP contribution in [0.5, 0.6) is 0 Å². The zero-order valence-corrected chi connectivity index (χ0v) is 10.6. The van der Waals surface area contributed by atoms with Crippen LogP contribution in [-0.2, 0) is 10.0 Å². The zero-order chi connectivity index (χ0) is 11.8. The third-order valence-corrected chi connectivity index (χ3v) is 6.49. The van der Waals surface area contributed by atoms with Gasteiger partial charge in [-0.25, -0.2) is 8.42 Å². The Morgan fingerprint density at radius 2 is 1.88 bits per heavy atom. The lowest BCUT2D eigenvalue weighted by atomic mass is 10.0. The van der Waals surface area contributed by atoms with Crippen LogP contribution >= 0.6 is 0 Å². The van der Waals surface area contributed by atoms with Crippen LogP contribution in [0.25, 0.3) is 0 Å². The molecular weight excluding hydrogens is 226 g/mol. The van der Waals surface area contributed by atoms with Crippen LogP contribution in [0.1, 0.15) is 39.0 Å². The fraction of sp³-hybridized carbons (Fsp3) is 1.00. The van der Waals surface area contributed by atoms with E-state index in [1.165, 1.54) is 0 Å². The van der Waals surface area contributed by atoms with Crippen LogP contribution in [-0.4, -0.2) is 42.3 Å². The summed E-state index contributed by atoms with van der Waals surface area (Å²) in [5.74, 6) is 0.279. The van der Waals surface area contributed by atoms with Gasteiger partial charge in [0.2, 0.25) is 10.0 Å². The molecule has 1 saturated heterocycles. The Bertz CT molecular complexity index is 335. The van der Waals surface area contributed by atoms with Crippen molar-refractivity contribution in [3.63, 3.8) is 0 Å². The number of hydrogen-bond acceptors (Lipinski definition) is 3. The Labute approximate surface area is 97.7 Å². The fourth-order valence-corrected chi connectivity index (χ4v) is 5.26. The Morgan fingerprint density at radius 3 is 2.44 bits per heavy atom. The van der Waals surface area contributed by atoms with E-state index in [0.717, 1.165) is 32.1 Å². The van der Waals surface area contributed by atoms with E-state index in [4.69, 9.17) is 0 Å². The molecule has 0 aromatic carbocycles. The molecule has 4 nitrogen and oxygen atoms in total. The van der Waals surface area contributed by atoms with Crippen LogP contribution in [0.15, 0.2) is 0 Å². The van der Waals surface area contributed by atoms with Gasteiger partial charge in [0.25, 0.3) is 0 Å². The first kappa shape index (κ1) is 12.3. The summed E-state index contributed by atoms with van der Waals surface area (Å²) in [5.41, 5.74) is 0. The summed E-state index contributed by atoms with van der Waals surface area (Å²) in [6.07, 6.45) is 4.52. The topological polar surface area (TPSA) is 57.6 Å². The molecule has 2 rings (SSSR count). The average molecular weight is 247 g/mol. The van der Waals surface area contributed by atoms with Gasteiger partial charge in [-0.15, -0.1) is 0 Å². The number of hydrogen-bond donors (Lipinski definition) is 1. The van der Waals surface area contributed by atoms with E-state index in [2.05, 4.69) is 0 Å². The van der Waals surface area contributed by atoms with Crippen LogP contribution < -0.4 is 0 Å². The molecule has 0 spiro atoms. The predicted octanol–water partition coefficient (Wildman–Crippen LogP) is 0.962. The van der Waals surface area contributed by atoms with Gasteiger partial charge in [0.1, 0.15) is 0 Å². The molecule has 1 N–H and O–H groups in total. The molecule has 16 heavy (non-hydrogen) atoms. The summed E-state index contributed by atoms with van der Waals surface area (Å²) in [5, 5.41) is 9.12. The van der Waals surface area contributed by atoms with Gasteiger partial charge in [-0.3, -0.25) is 0 Å². The normalized spacial score (nSPS) is 33.6. The number of nitrogens with zero attached hydrogens (tertiary/aromatic N) is 1. The highest BCUT2D eigenvalue weighted by molar-refractivity contribution is 7.89. The van der Waals surface area contributed by atoms with Crippen LogP contribution in [0.2, 0.25) is 0 Å². The van der Waals surface area contributed by atoms with Crippen LogP contribution in [0.3, 0.4) is 0 Å². The monoisotopic (exact) mass is 247 g/mol. The van der Waals surface area contributed by atoms with E-state index in [9.17, 15) is 13.5 Å². The van der Waals surface area contributed by atoms with E-state index >= 15 is 0 Å². The van der Waals surface area contributed by atoms with Gasteiger partial charge >= 0.3 is 0 Å². The second-order valence-electron chi connectivity index (χ2n) is 5.08. The van der Waals surface area contributed by atoms with Gasteiger partial charge in [-0.1, -0.05) is 19.8 Å². The summed E-state index contributed by atoms with van der Waals surface area (Å²) >= 11 is 0. The smallest absolute Gasteiger partial charge is 0.217 e. The minimum absolute atomic E-state index is 0.0485. The molecule has 1 aliphatic heterocycles. The molecule has 0 radical (unpaired) electrons. The molecule has 1 saturated carbocycles. The number of aliphatic hydroxyl groups is 1. The van der Waals surface area contributed by atoms with Crippen molar-refractivity contribution in [3.05, 3.63) is 0 Å². The molecule has 1 heterocycles.